The minimum Gasteiger partial charge on any atom is -0.497 e. The summed E-state index contributed by atoms with van der Waals surface area (Å²) >= 11 is 0. The Morgan fingerprint density at radius 1 is 1.18 bits per heavy atom. The van der Waals surface area contributed by atoms with E-state index in [4.69, 9.17) is 4.74 Å². The van der Waals surface area contributed by atoms with E-state index in [0.29, 0.717) is 0 Å². The number of hydrogen-bond donors (Lipinski definition) is 0. The van der Waals surface area contributed by atoms with Crippen LogP contribution >= 0.6 is 0 Å². The first-order valence-electron chi connectivity index (χ1n) is 3.43. The molecule has 0 aromatic heterocycles. The molecule has 0 radical (unpaired) electrons. The number of methoxy groups -OCH3 is 1. The van der Waals surface area contributed by atoms with E-state index in [0.717, 1.165) is 11.3 Å². The Hall–Kier alpha value is -1.42. The zero-order valence-electron chi connectivity index (χ0n) is 6.72. The molecule has 0 aliphatic carbocycles. The van der Waals surface area contributed by atoms with Crippen molar-refractivity contribution in [3.63, 3.8) is 0 Å². The summed E-state index contributed by atoms with van der Waals surface area (Å²) in [6.07, 6.45) is 0. The van der Waals surface area contributed by atoms with Crippen LogP contribution in [0.3, 0.4) is 0 Å². The van der Waals surface area contributed by atoms with Crippen molar-refractivity contribution in [2.24, 2.45) is 0 Å². The number of hydrogen-bond acceptors (Lipinski definition) is 1. The summed E-state index contributed by atoms with van der Waals surface area (Å²) in [6, 6.07) is 7.68. The van der Waals surface area contributed by atoms with Gasteiger partial charge in [0.25, 0.3) is 0 Å². The fourth-order valence-corrected chi connectivity index (χ4v) is 0.819. The Morgan fingerprint density at radius 3 is 2.27 bits per heavy atom. The molecule has 0 atom stereocenters. The van der Waals surface area contributed by atoms with Crippen LogP contribution in [0.15, 0.2) is 24.3 Å². The zero-order valence-corrected chi connectivity index (χ0v) is 6.72. The van der Waals surface area contributed by atoms with Crippen molar-refractivity contribution < 1.29 is 4.74 Å². The SMILES string of the molecule is CC#Cc1ccc(OC)cc1. The Kier molecular flexibility index (Phi) is 2.57. The van der Waals surface area contributed by atoms with Crippen LogP contribution in [0.25, 0.3) is 0 Å². The van der Waals surface area contributed by atoms with E-state index < -0.39 is 0 Å². The van der Waals surface area contributed by atoms with Crippen molar-refractivity contribution in [1.29, 1.82) is 0 Å². The lowest BCUT2D eigenvalue weighted by Gasteiger charge is -1.96. The van der Waals surface area contributed by atoms with Crippen LogP contribution in [0.1, 0.15) is 12.5 Å². The summed E-state index contributed by atoms with van der Waals surface area (Å²) in [6.45, 7) is 1.82. The highest BCUT2D eigenvalue weighted by Crippen LogP contribution is 2.09. The van der Waals surface area contributed by atoms with Crippen LogP contribution in [0.4, 0.5) is 0 Å². The smallest absolute Gasteiger partial charge is 0.118 e. The van der Waals surface area contributed by atoms with Gasteiger partial charge in [-0.15, -0.1) is 5.92 Å². The molecule has 11 heavy (non-hydrogen) atoms. The van der Waals surface area contributed by atoms with Crippen molar-refractivity contribution in [3.8, 4) is 17.6 Å². The molecule has 0 heterocycles. The molecule has 1 heteroatoms. The van der Waals surface area contributed by atoms with Gasteiger partial charge < -0.3 is 4.74 Å². The quantitative estimate of drug-likeness (QED) is 0.551. The molecule has 1 aromatic rings. The van der Waals surface area contributed by atoms with E-state index in [9.17, 15) is 0 Å². The number of rotatable bonds is 1. The maximum absolute atomic E-state index is 5.00. The summed E-state index contributed by atoms with van der Waals surface area (Å²) in [5.74, 6) is 6.65. The van der Waals surface area contributed by atoms with Gasteiger partial charge in [0.05, 0.1) is 7.11 Å². The Morgan fingerprint density at radius 2 is 1.82 bits per heavy atom. The monoisotopic (exact) mass is 146 g/mol. The molecule has 0 N–H and O–H groups in total. The molecule has 0 aliphatic heterocycles. The van der Waals surface area contributed by atoms with Gasteiger partial charge in [0, 0.05) is 5.56 Å². The Bertz CT molecular complexity index is 274. The molecule has 1 aromatic carbocycles. The first-order chi connectivity index (χ1) is 5.36. The average molecular weight is 146 g/mol. The molecule has 56 valence electrons. The van der Waals surface area contributed by atoms with Gasteiger partial charge in [-0.05, 0) is 31.2 Å². The lowest BCUT2D eigenvalue weighted by Crippen LogP contribution is -1.81. The minimum atomic E-state index is 0.867. The molecule has 0 saturated heterocycles. The number of benzene rings is 1. The van der Waals surface area contributed by atoms with E-state index in [-0.39, 0.29) is 0 Å². The topological polar surface area (TPSA) is 9.23 Å². The van der Waals surface area contributed by atoms with Gasteiger partial charge in [-0.2, -0.15) is 0 Å². The standard InChI is InChI=1S/C10H10O/c1-3-4-9-5-7-10(11-2)8-6-9/h5-8H,1-2H3. The molecule has 0 fully saturated rings. The van der Waals surface area contributed by atoms with Crippen molar-refractivity contribution in [2.75, 3.05) is 7.11 Å². The molecule has 1 nitrogen and oxygen atoms in total. The van der Waals surface area contributed by atoms with Crippen molar-refractivity contribution in [1.82, 2.24) is 0 Å². The van der Waals surface area contributed by atoms with Crippen LogP contribution in [0.2, 0.25) is 0 Å². The van der Waals surface area contributed by atoms with Crippen LogP contribution in [0.5, 0.6) is 5.75 Å². The third-order valence-corrected chi connectivity index (χ3v) is 1.36. The van der Waals surface area contributed by atoms with Crippen LogP contribution in [0, 0.1) is 11.8 Å². The average Bonchev–Trinajstić information content (AvgIpc) is 2.07. The van der Waals surface area contributed by atoms with E-state index >= 15 is 0 Å². The Balaban J connectivity index is 2.88. The largest absolute Gasteiger partial charge is 0.497 e. The van der Waals surface area contributed by atoms with Crippen LogP contribution < -0.4 is 4.74 Å². The van der Waals surface area contributed by atoms with Crippen LogP contribution in [-0.2, 0) is 0 Å². The first kappa shape index (κ1) is 7.68. The van der Waals surface area contributed by atoms with Gasteiger partial charge in [0.2, 0.25) is 0 Å². The predicted octanol–water partition coefficient (Wildman–Crippen LogP) is 2.07. The fraction of sp³-hybridized carbons (Fsp3) is 0.200. The summed E-state index contributed by atoms with van der Waals surface area (Å²) < 4.78 is 5.00. The second-order valence-electron chi connectivity index (χ2n) is 2.10. The van der Waals surface area contributed by atoms with E-state index in [2.05, 4.69) is 11.8 Å². The van der Waals surface area contributed by atoms with Crippen molar-refractivity contribution >= 4 is 0 Å². The first-order valence-corrected chi connectivity index (χ1v) is 3.43. The van der Waals surface area contributed by atoms with Gasteiger partial charge in [0.1, 0.15) is 5.75 Å². The van der Waals surface area contributed by atoms with Crippen molar-refractivity contribution in [2.45, 2.75) is 6.92 Å². The van der Waals surface area contributed by atoms with Gasteiger partial charge >= 0.3 is 0 Å². The summed E-state index contributed by atoms with van der Waals surface area (Å²) in [5, 5.41) is 0. The second-order valence-corrected chi connectivity index (χ2v) is 2.10. The third kappa shape index (κ3) is 2.01. The molecule has 0 spiro atoms. The van der Waals surface area contributed by atoms with E-state index in [1.807, 2.05) is 31.2 Å². The van der Waals surface area contributed by atoms with Crippen molar-refractivity contribution in [3.05, 3.63) is 29.8 Å². The molecule has 1 rings (SSSR count). The van der Waals surface area contributed by atoms with Gasteiger partial charge in [-0.25, -0.2) is 0 Å². The fourth-order valence-electron chi connectivity index (χ4n) is 0.819. The molecule has 0 amide bonds. The highest BCUT2D eigenvalue weighted by molar-refractivity contribution is 5.37. The maximum Gasteiger partial charge on any atom is 0.118 e. The zero-order chi connectivity index (χ0) is 8.10. The summed E-state index contributed by atoms with van der Waals surface area (Å²) in [7, 11) is 1.65. The van der Waals surface area contributed by atoms with Gasteiger partial charge in [0.15, 0.2) is 0 Å². The number of ether oxygens (including phenoxy) is 1. The molecule has 0 unspecified atom stereocenters. The van der Waals surface area contributed by atoms with Gasteiger partial charge in [-0.1, -0.05) is 5.92 Å². The van der Waals surface area contributed by atoms with Gasteiger partial charge in [-0.3, -0.25) is 0 Å². The third-order valence-electron chi connectivity index (χ3n) is 1.36. The molecular formula is C10H10O. The molecular weight excluding hydrogens is 136 g/mol. The summed E-state index contributed by atoms with van der Waals surface area (Å²) in [5.41, 5.74) is 1.02. The van der Waals surface area contributed by atoms with Crippen LogP contribution in [-0.4, -0.2) is 7.11 Å². The lowest BCUT2D eigenvalue weighted by atomic mass is 10.2. The minimum absolute atomic E-state index is 0.867. The van der Waals surface area contributed by atoms with E-state index in [1.165, 1.54) is 0 Å². The molecule has 0 saturated carbocycles. The maximum atomic E-state index is 5.00. The summed E-state index contributed by atoms with van der Waals surface area (Å²) in [4.78, 5) is 0. The highest BCUT2D eigenvalue weighted by Gasteiger charge is 1.88. The van der Waals surface area contributed by atoms with E-state index in [1.54, 1.807) is 7.11 Å². The molecule has 0 bridgehead atoms. The highest BCUT2D eigenvalue weighted by atomic mass is 16.5. The second kappa shape index (κ2) is 3.68. The normalized spacial score (nSPS) is 8.18. The molecule has 0 aliphatic rings. The lowest BCUT2D eigenvalue weighted by molar-refractivity contribution is 0.415. The predicted molar refractivity (Wildman–Crippen MR) is 45.5 cm³/mol. The Labute approximate surface area is 67.0 Å².